The Kier molecular flexibility index (Phi) is 13.2. The molecule has 1 aliphatic carbocycles. The van der Waals surface area contributed by atoms with Crippen molar-refractivity contribution in [3.63, 3.8) is 0 Å². The van der Waals surface area contributed by atoms with Crippen LogP contribution in [0.2, 0.25) is 0 Å². The first-order chi connectivity index (χ1) is 31.9. The fourth-order valence-corrected chi connectivity index (χ4v) is 14.8. The maximum absolute atomic E-state index is 14.8. The fourth-order valence-electron chi connectivity index (χ4n) is 10.2. The van der Waals surface area contributed by atoms with Crippen molar-refractivity contribution in [2.75, 3.05) is 5.32 Å². The predicted octanol–water partition coefficient (Wildman–Crippen LogP) is 7.61. The van der Waals surface area contributed by atoms with E-state index in [-0.39, 0.29) is 77.6 Å². The molecule has 1 fully saturated rings. The van der Waals surface area contributed by atoms with Crippen molar-refractivity contribution in [1.29, 1.82) is 0 Å². The number of nitrogens with one attached hydrogen (secondary N) is 3. The zero-order valence-electron chi connectivity index (χ0n) is 39.5. The number of hydrogen-bond acceptors (Lipinski definition) is 14. The second-order valence-corrected chi connectivity index (χ2v) is 26.2. The summed E-state index contributed by atoms with van der Waals surface area (Å²) in [5.41, 5.74) is -1.23. The normalized spacial score (nSPS) is 16.3. The highest BCUT2D eigenvalue weighted by atomic mass is 32.2. The Balaban J connectivity index is 1.63. The van der Waals surface area contributed by atoms with E-state index >= 15 is 0 Å². The van der Waals surface area contributed by atoms with Crippen LogP contribution in [0.1, 0.15) is 73.9 Å². The molecule has 0 unspecified atom stereocenters. The lowest BCUT2D eigenvalue weighted by Crippen LogP contribution is -2.62. The van der Waals surface area contributed by atoms with Gasteiger partial charge in [-0.3, -0.25) is 18.2 Å². The zero-order chi connectivity index (χ0) is 52.2. The van der Waals surface area contributed by atoms with E-state index in [4.69, 9.17) is 4.42 Å². The van der Waals surface area contributed by atoms with Crippen LogP contribution in [0.15, 0.2) is 94.6 Å². The van der Waals surface area contributed by atoms with Crippen molar-refractivity contribution in [2.24, 2.45) is 4.99 Å². The number of rotatable bonds is 11. The first-order valence-corrected chi connectivity index (χ1v) is 28.6. The van der Waals surface area contributed by atoms with E-state index < -0.39 is 92.6 Å². The molecule has 7 N–H and O–H groups in total. The van der Waals surface area contributed by atoms with Crippen LogP contribution >= 0.6 is 0 Å². The van der Waals surface area contributed by atoms with Crippen molar-refractivity contribution in [3.05, 3.63) is 99.4 Å². The van der Waals surface area contributed by atoms with E-state index in [0.717, 1.165) is 24.3 Å². The van der Waals surface area contributed by atoms with Gasteiger partial charge >= 0.3 is 0 Å². The second kappa shape index (κ2) is 17.6. The van der Waals surface area contributed by atoms with Gasteiger partial charge in [-0.1, -0.05) is 30.3 Å². The second-order valence-electron chi connectivity index (χ2n) is 19.0. The van der Waals surface area contributed by atoms with Gasteiger partial charge in [-0.15, -0.1) is 0 Å². The fraction of sp³-hybridized carbons (Fsp3) is 0.326. The van der Waals surface area contributed by atoms with Gasteiger partial charge < -0.3 is 15.1 Å². The molecule has 24 heteroatoms. The molecule has 376 valence electrons. The first-order valence-electron chi connectivity index (χ1n) is 21.3. The molecule has 2 heterocycles. The number of sulfonamides is 1. The highest BCUT2D eigenvalue weighted by molar-refractivity contribution is 7.89. The van der Waals surface area contributed by atoms with Gasteiger partial charge in [0, 0.05) is 57.0 Å². The third kappa shape index (κ3) is 10.3. The number of piperidine rings is 1. The van der Waals surface area contributed by atoms with E-state index in [0.29, 0.717) is 24.0 Å². The van der Waals surface area contributed by atoms with Crippen molar-refractivity contribution < 1.29 is 64.7 Å². The molecule has 0 saturated carbocycles. The van der Waals surface area contributed by atoms with Gasteiger partial charge in [0.2, 0.25) is 10.0 Å². The van der Waals surface area contributed by atoms with E-state index in [1.54, 1.807) is 13.8 Å². The minimum Gasteiger partial charge on any atom is -0.456 e. The molecule has 2 aliphatic heterocycles. The third-order valence-electron chi connectivity index (χ3n) is 12.2. The van der Waals surface area contributed by atoms with Crippen LogP contribution in [0.3, 0.4) is 0 Å². The Hall–Kier alpha value is -5.12. The summed E-state index contributed by atoms with van der Waals surface area (Å²) in [4.78, 5) is 1.47. The lowest BCUT2D eigenvalue weighted by atomic mass is 9.80. The van der Waals surface area contributed by atoms with Crippen LogP contribution in [0.5, 0.6) is 0 Å². The summed E-state index contributed by atoms with van der Waals surface area (Å²) in [6.07, 6.45) is 0.755. The van der Waals surface area contributed by atoms with Crippen molar-refractivity contribution in [1.82, 2.24) is 10.0 Å². The van der Waals surface area contributed by atoms with Crippen LogP contribution in [0.4, 0.5) is 17.1 Å². The molecule has 19 nitrogen and oxygen atoms in total. The zero-order valence-corrected chi connectivity index (χ0v) is 43.6. The average Bonchev–Trinajstić information content (AvgIpc) is 3.16. The molecular formula is C46H52N4O15S5. The number of nitrogens with zero attached hydrogens (tertiary/aromatic N) is 1. The molecule has 4 aromatic rings. The van der Waals surface area contributed by atoms with Gasteiger partial charge in [0.1, 0.15) is 30.9 Å². The Morgan fingerprint density at radius 2 is 1.16 bits per heavy atom. The first kappa shape index (κ1) is 52.7. The van der Waals surface area contributed by atoms with Gasteiger partial charge in [-0.05, 0) is 134 Å². The maximum Gasteiger partial charge on any atom is 0.296 e. The number of benzene rings is 5. The number of hydrogen-bond donors (Lipinski definition) is 7. The molecule has 4 aromatic carbocycles. The summed E-state index contributed by atoms with van der Waals surface area (Å²) in [7, 11) is -24.7. The summed E-state index contributed by atoms with van der Waals surface area (Å²) < 4.78 is 184. The highest BCUT2D eigenvalue weighted by Crippen LogP contribution is 2.46. The SMILES string of the molecule is Cc1cc(C)c(S(=O)(=O)O)c(C)c1N=c1cc2oc3cc(Nc4c(C)cc(C)c(S(=O)(=O)O)c4C)c(S(=O)(=O)O)cc3c(-c3ccccc3S(=O)(=O)NC3CC(C)(C)NC(C)(C)C3)c-2cc1S(=O)(=O)O. The summed E-state index contributed by atoms with van der Waals surface area (Å²) in [5, 5.41) is 5.66. The Labute approximate surface area is 406 Å². The topological polar surface area (TPSA) is 313 Å². The largest absolute Gasteiger partial charge is 0.456 e. The molecule has 0 amide bonds. The minimum atomic E-state index is -5.29. The molecule has 1 saturated heterocycles. The molecule has 0 aromatic heterocycles. The van der Waals surface area contributed by atoms with Crippen molar-refractivity contribution in [2.45, 2.75) is 124 Å². The third-order valence-corrected chi connectivity index (χ3v) is 17.8. The van der Waals surface area contributed by atoms with Gasteiger partial charge in [0.05, 0.1) is 21.6 Å². The molecule has 0 radical (unpaired) electrons. The molecule has 0 bridgehead atoms. The van der Waals surface area contributed by atoms with Gasteiger partial charge in [0.15, 0.2) is 0 Å². The standard InChI is InChI=1S/C46H52N4O15S5/c1-23-15-25(3)43(69(59,60)61)27(5)41(23)47-33-19-35-31(17-38(33)67(53,54)55)40(30-13-11-12-14-37(30)66(51,52)49-29-21-45(7,8)50-46(9,10)22-29)32-18-39(68(56,57)58)34(20-36(32)65-35)48-42-24(2)16-26(4)44(28(42)6)70(62,63)64/h11-20,29,47,49-50H,21-22H2,1-10H3,(H,53,54,55)(H,56,57,58)(H,59,60,61)(H,62,63,64). The lowest BCUT2D eigenvalue weighted by Gasteiger charge is -2.46. The maximum atomic E-state index is 14.8. The number of aryl methyl sites for hydroxylation is 4. The van der Waals surface area contributed by atoms with Crippen molar-refractivity contribution >= 4 is 78.5 Å². The van der Waals surface area contributed by atoms with E-state index in [2.05, 4.69) is 20.3 Å². The number of fused-ring (bicyclic) bond motifs is 2. The summed E-state index contributed by atoms with van der Waals surface area (Å²) in [5.74, 6) is -0.241. The Bertz CT molecular complexity index is 3830. The van der Waals surface area contributed by atoms with E-state index in [9.17, 15) is 60.3 Å². The van der Waals surface area contributed by atoms with Gasteiger partial charge in [-0.2, -0.15) is 33.7 Å². The van der Waals surface area contributed by atoms with E-state index in [1.807, 2.05) is 27.7 Å². The summed E-state index contributed by atoms with van der Waals surface area (Å²) in [6.45, 7) is 16.4. The average molecular weight is 1060 g/mol. The highest BCUT2D eigenvalue weighted by Gasteiger charge is 2.40. The quantitative estimate of drug-likeness (QED) is 0.0485. The van der Waals surface area contributed by atoms with Crippen LogP contribution in [-0.4, -0.2) is 77.4 Å². The van der Waals surface area contributed by atoms with Crippen LogP contribution < -0.4 is 20.7 Å². The Morgan fingerprint density at radius 1 is 0.614 bits per heavy atom. The summed E-state index contributed by atoms with van der Waals surface area (Å²) in [6, 6.07) is 11.9. The van der Waals surface area contributed by atoms with Crippen molar-refractivity contribution in [3.8, 4) is 22.5 Å². The lowest BCUT2D eigenvalue weighted by molar-refractivity contribution is 0.157. The Morgan fingerprint density at radius 3 is 1.71 bits per heavy atom. The molecule has 3 aliphatic rings. The van der Waals surface area contributed by atoms with Crippen LogP contribution in [0.25, 0.3) is 33.4 Å². The monoisotopic (exact) mass is 1060 g/mol. The van der Waals surface area contributed by atoms with Crippen LogP contribution in [-0.2, 0) is 50.5 Å². The minimum absolute atomic E-state index is 0.0160. The number of anilines is 2. The van der Waals surface area contributed by atoms with Gasteiger partial charge in [-0.25, -0.2) is 18.1 Å². The van der Waals surface area contributed by atoms with E-state index in [1.165, 1.54) is 64.1 Å². The molecule has 70 heavy (non-hydrogen) atoms. The molecular weight excluding hydrogens is 1010 g/mol. The predicted molar refractivity (Wildman–Crippen MR) is 262 cm³/mol. The molecule has 7 rings (SSSR count). The molecule has 0 atom stereocenters. The smallest absolute Gasteiger partial charge is 0.296 e. The van der Waals surface area contributed by atoms with Crippen LogP contribution in [0, 0.1) is 41.5 Å². The van der Waals surface area contributed by atoms with Gasteiger partial charge in [0.25, 0.3) is 40.5 Å². The summed E-state index contributed by atoms with van der Waals surface area (Å²) >= 11 is 0. The molecule has 0 spiro atoms.